The van der Waals surface area contributed by atoms with Crippen molar-refractivity contribution in [2.24, 2.45) is 17.8 Å². The highest BCUT2D eigenvalue weighted by molar-refractivity contribution is 5.26. The third-order valence-electron chi connectivity index (χ3n) is 7.62. The third kappa shape index (κ3) is 7.23. The van der Waals surface area contributed by atoms with E-state index in [1.54, 1.807) is 11.6 Å². The molecule has 0 bridgehead atoms. The van der Waals surface area contributed by atoms with Crippen molar-refractivity contribution in [2.45, 2.75) is 103 Å². The first-order chi connectivity index (χ1) is 14.2. The van der Waals surface area contributed by atoms with Crippen molar-refractivity contribution in [3.8, 4) is 0 Å². The Morgan fingerprint density at radius 3 is 2.10 bits per heavy atom. The van der Waals surface area contributed by atoms with Crippen LogP contribution in [0.4, 0.5) is 8.78 Å². The molecule has 162 valence electrons. The molecule has 0 saturated heterocycles. The Labute approximate surface area is 177 Å². The summed E-state index contributed by atoms with van der Waals surface area (Å²) in [5.41, 5.74) is 3.05. The van der Waals surface area contributed by atoms with Crippen LogP contribution in [-0.2, 0) is 6.42 Å². The Bertz CT molecular complexity index is 587. The van der Waals surface area contributed by atoms with Crippen LogP contribution in [0, 0.1) is 17.8 Å². The van der Waals surface area contributed by atoms with E-state index in [0.29, 0.717) is 0 Å². The molecule has 0 aromatic heterocycles. The maximum absolute atomic E-state index is 12.2. The summed E-state index contributed by atoms with van der Waals surface area (Å²) in [6.07, 6.45) is 17.0. The van der Waals surface area contributed by atoms with Gasteiger partial charge in [-0.25, -0.2) is 8.78 Å². The average Bonchev–Trinajstić information content (AvgIpc) is 2.76. The maximum atomic E-state index is 12.2. The lowest BCUT2D eigenvalue weighted by atomic mass is 9.68. The molecule has 3 rings (SSSR count). The second-order valence-electron chi connectivity index (χ2n) is 9.58. The molecule has 29 heavy (non-hydrogen) atoms. The molecule has 0 unspecified atom stereocenters. The summed E-state index contributed by atoms with van der Waals surface area (Å²) < 4.78 is 24.3. The Kier molecular flexibility index (Phi) is 9.21. The van der Waals surface area contributed by atoms with Gasteiger partial charge in [0.2, 0.25) is 0 Å². The fourth-order valence-corrected chi connectivity index (χ4v) is 5.74. The first kappa shape index (κ1) is 22.5. The molecule has 2 fully saturated rings. The van der Waals surface area contributed by atoms with E-state index in [0.717, 1.165) is 42.6 Å². The van der Waals surface area contributed by atoms with E-state index in [-0.39, 0.29) is 0 Å². The number of allylic oxidation sites excluding steroid dienone is 2. The summed E-state index contributed by atoms with van der Waals surface area (Å²) in [6, 6.07) is 9.50. The maximum Gasteiger partial charge on any atom is 0.257 e. The SMILES string of the molecule is CCCCc1ccc(C2CCC([C@H]3CC[C@H](CC/C=C/C(F)F)CC3)CC2)cc1. The zero-order valence-corrected chi connectivity index (χ0v) is 18.3. The standard InChI is InChI=1S/C27H40F2/c1-2-3-6-21-9-13-23(14-10-21)25-17-19-26(20-18-25)24-15-11-22(12-16-24)7-4-5-8-27(28)29/h5,8-10,13-14,22,24-27H,2-4,6-7,11-12,15-20H2,1H3/b8-5+/t22-,24-,25?,26?. The van der Waals surface area contributed by atoms with Gasteiger partial charge in [0.1, 0.15) is 0 Å². The molecule has 2 heteroatoms. The van der Waals surface area contributed by atoms with E-state index in [9.17, 15) is 8.78 Å². The molecule has 1 aromatic carbocycles. The van der Waals surface area contributed by atoms with E-state index < -0.39 is 6.43 Å². The van der Waals surface area contributed by atoms with Gasteiger partial charge in [-0.2, -0.15) is 0 Å². The largest absolute Gasteiger partial charge is 0.257 e. The van der Waals surface area contributed by atoms with Crippen LogP contribution in [0.3, 0.4) is 0 Å². The summed E-state index contributed by atoms with van der Waals surface area (Å²) in [6.45, 7) is 2.26. The smallest absolute Gasteiger partial charge is 0.206 e. The number of hydrogen-bond acceptors (Lipinski definition) is 0. The summed E-state index contributed by atoms with van der Waals surface area (Å²) in [5.74, 6) is 3.37. The minimum Gasteiger partial charge on any atom is -0.206 e. The van der Waals surface area contributed by atoms with Crippen molar-refractivity contribution in [1.29, 1.82) is 0 Å². The Morgan fingerprint density at radius 2 is 1.52 bits per heavy atom. The monoisotopic (exact) mass is 402 g/mol. The first-order valence-corrected chi connectivity index (χ1v) is 12.2. The molecule has 2 saturated carbocycles. The topological polar surface area (TPSA) is 0 Å². The van der Waals surface area contributed by atoms with E-state index in [1.165, 1.54) is 76.2 Å². The number of benzene rings is 1. The molecule has 0 amide bonds. The van der Waals surface area contributed by atoms with Crippen molar-refractivity contribution >= 4 is 0 Å². The molecule has 0 aliphatic heterocycles. The summed E-state index contributed by atoms with van der Waals surface area (Å²) in [4.78, 5) is 0. The fraction of sp³-hybridized carbons (Fsp3) is 0.704. The molecular weight excluding hydrogens is 362 g/mol. The van der Waals surface area contributed by atoms with Crippen LogP contribution < -0.4 is 0 Å². The molecule has 0 radical (unpaired) electrons. The van der Waals surface area contributed by atoms with Gasteiger partial charge in [0.05, 0.1) is 0 Å². The second kappa shape index (κ2) is 11.9. The van der Waals surface area contributed by atoms with Crippen molar-refractivity contribution < 1.29 is 8.78 Å². The minimum atomic E-state index is -2.29. The molecule has 0 atom stereocenters. The van der Waals surface area contributed by atoms with Crippen LogP contribution >= 0.6 is 0 Å². The highest BCUT2D eigenvalue weighted by atomic mass is 19.3. The van der Waals surface area contributed by atoms with E-state index >= 15 is 0 Å². The predicted molar refractivity (Wildman–Crippen MR) is 120 cm³/mol. The van der Waals surface area contributed by atoms with E-state index in [4.69, 9.17) is 0 Å². The molecule has 0 N–H and O–H groups in total. The molecule has 2 aliphatic rings. The van der Waals surface area contributed by atoms with Crippen LogP contribution in [0.1, 0.15) is 101 Å². The number of hydrogen-bond donors (Lipinski definition) is 0. The van der Waals surface area contributed by atoms with Gasteiger partial charge in [-0.3, -0.25) is 0 Å². The van der Waals surface area contributed by atoms with Crippen LogP contribution in [0.2, 0.25) is 0 Å². The Morgan fingerprint density at radius 1 is 0.897 bits per heavy atom. The van der Waals surface area contributed by atoms with Gasteiger partial charge in [0.15, 0.2) is 0 Å². The van der Waals surface area contributed by atoms with Crippen molar-refractivity contribution in [3.05, 3.63) is 47.5 Å². The number of alkyl halides is 2. The van der Waals surface area contributed by atoms with Crippen molar-refractivity contribution in [2.75, 3.05) is 0 Å². The minimum absolute atomic E-state index is 0.760. The number of aryl methyl sites for hydroxylation is 1. The van der Waals surface area contributed by atoms with Gasteiger partial charge < -0.3 is 0 Å². The quantitative estimate of drug-likeness (QED) is 0.362. The predicted octanol–water partition coefficient (Wildman–Crippen LogP) is 8.71. The zero-order valence-electron chi connectivity index (χ0n) is 18.3. The number of rotatable bonds is 9. The average molecular weight is 403 g/mol. The molecule has 0 heterocycles. The second-order valence-corrected chi connectivity index (χ2v) is 9.58. The Hall–Kier alpha value is -1.18. The summed E-state index contributed by atoms with van der Waals surface area (Å²) >= 11 is 0. The normalized spacial score (nSPS) is 28.3. The van der Waals surface area contributed by atoms with Gasteiger partial charge >= 0.3 is 0 Å². The van der Waals surface area contributed by atoms with E-state index in [1.807, 2.05) is 0 Å². The lowest BCUT2D eigenvalue weighted by Gasteiger charge is -2.38. The number of unbranched alkanes of at least 4 members (excludes halogenated alkanes) is 1. The van der Waals surface area contributed by atoms with Gasteiger partial charge in [-0.05, 0) is 105 Å². The molecular formula is C27H40F2. The van der Waals surface area contributed by atoms with E-state index in [2.05, 4.69) is 31.2 Å². The fourth-order valence-electron chi connectivity index (χ4n) is 5.74. The molecule has 1 aromatic rings. The number of halogens is 2. The lowest BCUT2D eigenvalue weighted by molar-refractivity contribution is 0.157. The zero-order chi connectivity index (χ0) is 20.5. The van der Waals surface area contributed by atoms with Crippen LogP contribution in [0.5, 0.6) is 0 Å². The summed E-state index contributed by atoms with van der Waals surface area (Å²) in [5, 5.41) is 0. The van der Waals surface area contributed by atoms with Gasteiger partial charge in [-0.1, -0.05) is 56.5 Å². The van der Waals surface area contributed by atoms with Crippen LogP contribution in [0.25, 0.3) is 0 Å². The van der Waals surface area contributed by atoms with Crippen molar-refractivity contribution in [1.82, 2.24) is 0 Å². The van der Waals surface area contributed by atoms with Gasteiger partial charge in [0, 0.05) is 0 Å². The highest BCUT2D eigenvalue weighted by Gasteiger charge is 2.31. The molecule has 0 spiro atoms. The molecule has 0 nitrogen and oxygen atoms in total. The van der Waals surface area contributed by atoms with Gasteiger partial charge in [-0.15, -0.1) is 0 Å². The van der Waals surface area contributed by atoms with Gasteiger partial charge in [0.25, 0.3) is 6.43 Å². The Balaban J connectivity index is 1.37. The summed E-state index contributed by atoms with van der Waals surface area (Å²) in [7, 11) is 0. The molecule has 2 aliphatic carbocycles. The lowest BCUT2D eigenvalue weighted by Crippen LogP contribution is -2.25. The van der Waals surface area contributed by atoms with Crippen LogP contribution in [-0.4, -0.2) is 6.43 Å². The van der Waals surface area contributed by atoms with Crippen molar-refractivity contribution in [3.63, 3.8) is 0 Å². The highest BCUT2D eigenvalue weighted by Crippen LogP contribution is 2.44. The van der Waals surface area contributed by atoms with Crippen LogP contribution in [0.15, 0.2) is 36.4 Å². The third-order valence-corrected chi connectivity index (χ3v) is 7.62. The first-order valence-electron chi connectivity index (χ1n) is 12.2.